The molecule has 7 nitrogen and oxygen atoms in total. The summed E-state index contributed by atoms with van der Waals surface area (Å²) < 4.78 is 5.35. The number of hydrogen-bond donors (Lipinski definition) is 2. The molecule has 1 amide bonds. The van der Waals surface area contributed by atoms with Gasteiger partial charge in [-0.3, -0.25) is 14.6 Å². The summed E-state index contributed by atoms with van der Waals surface area (Å²) in [6.45, 7) is 6.47. The number of H-pyrrole nitrogens is 1. The molecule has 0 spiro atoms. The van der Waals surface area contributed by atoms with Crippen molar-refractivity contribution in [2.24, 2.45) is 0 Å². The maximum Gasteiger partial charge on any atom is 0.255 e. The summed E-state index contributed by atoms with van der Waals surface area (Å²) in [4.78, 5) is 34.7. The van der Waals surface area contributed by atoms with Crippen molar-refractivity contribution in [1.82, 2.24) is 15.3 Å². The van der Waals surface area contributed by atoms with Crippen LogP contribution in [0.3, 0.4) is 0 Å². The highest BCUT2D eigenvalue weighted by molar-refractivity contribution is 5.86. The van der Waals surface area contributed by atoms with Crippen LogP contribution in [0, 0.1) is 6.92 Å². The van der Waals surface area contributed by atoms with Gasteiger partial charge in [0, 0.05) is 30.8 Å². The lowest BCUT2D eigenvalue weighted by Gasteiger charge is -2.27. The molecule has 1 aliphatic heterocycles. The summed E-state index contributed by atoms with van der Waals surface area (Å²) in [6.07, 6.45) is 0.587. The molecule has 3 aromatic rings. The number of benzene rings is 2. The second-order valence-corrected chi connectivity index (χ2v) is 7.91. The Kier molecular flexibility index (Phi) is 6.32. The molecule has 2 aromatic carbocycles. The molecule has 0 radical (unpaired) electrons. The van der Waals surface area contributed by atoms with Crippen LogP contribution >= 0.6 is 0 Å². The Morgan fingerprint density at radius 2 is 1.94 bits per heavy atom. The quantitative estimate of drug-likeness (QED) is 0.640. The zero-order chi connectivity index (χ0) is 21.8. The van der Waals surface area contributed by atoms with E-state index in [4.69, 9.17) is 4.74 Å². The number of carbonyl (C=O) groups is 1. The lowest BCUT2D eigenvalue weighted by atomic mass is 9.99. The molecule has 7 heteroatoms. The number of hydrogen-bond acceptors (Lipinski definition) is 5. The van der Waals surface area contributed by atoms with Gasteiger partial charge in [-0.1, -0.05) is 42.5 Å². The first-order valence-electron chi connectivity index (χ1n) is 10.7. The van der Waals surface area contributed by atoms with Crippen LogP contribution in [-0.4, -0.2) is 42.2 Å². The molecule has 31 heavy (non-hydrogen) atoms. The van der Waals surface area contributed by atoms with Gasteiger partial charge in [0.1, 0.15) is 0 Å². The molecule has 0 bridgehead atoms. The lowest BCUT2D eigenvalue weighted by molar-refractivity contribution is -0.121. The number of morpholine rings is 1. The molecule has 4 rings (SSSR count). The van der Waals surface area contributed by atoms with Gasteiger partial charge in [0.15, 0.2) is 0 Å². The zero-order valence-corrected chi connectivity index (χ0v) is 18.0. The number of nitrogens with one attached hydrogen (secondary N) is 2. The predicted molar refractivity (Wildman–Crippen MR) is 121 cm³/mol. The van der Waals surface area contributed by atoms with Crippen molar-refractivity contribution in [2.75, 3.05) is 31.2 Å². The van der Waals surface area contributed by atoms with E-state index in [-0.39, 0.29) is 23.9 Å². The summed E-state index contributed by atoms with van der Waals surface area (Å²) in [5.74, 6) is 0.486. The molecule has 1 fully saturated rings. The molecule has 0 aliphatic carbocycles. The number of anilines is 1. The Hall–Kier alpha value is -3.19. The fourth-order valence-corrected chi connectivity index (χ4v) is 4.07. The van der Waals surface area contributed by atoms with Crippen LogP contribution in [0.2, 0.25) is 0 Å². The van der Waals surface area contributed by atoms with E-state index in [2.05, 4.69) is 33.5 Å². The highest BCUT2D eigenvalue weighted by Crippen LogP contribution is 2.24. The number of aromatic nitrogens is 2. The van der Waals surface area contributed by atoms with Gasteiger partial charge in [0.25, 0.3) is 5.56 Å². The Morgan fingerprint density at radius 1 is 1.19 bits per heavy atom. The SMILES string of the molecule is Cc1nc(N2CCOCC2)[nH]c(=O)c1CCC(=O)N[C@@H](C)c1cccc2ccccc12. The van der Waals surface area contributed by atoms with Crippen LogP contribution in [0.4, 0.5) is 5.95 Å². The number of carbonyl (C=O) groups excluding carboxylic acids is 1. The second-order valence-electron chi connectivity index (χ2n) is 7.91. The summed E-state index contributed by atoms with van der Waals surface area (Å²) in [5.41, 5.74) is 2.13. The number of amides is 1. The third kappa shape index (κ3) is 4.77. The Bertz CT molecular complexity index is 1130. The zero-order valence-electron chi connectivity index (χ0n) is 18.0. The molecule has 162 valence electrons. The third-order valence-corrected chi connectivity index (χ3v) is 5.79. The maximum atomic E-state index is 12.6. The first-order valence-corrected chi connectivity index (χ1v) is 10.7. The lowest BCUT2D eigenvalue weighted by Crippen LogP contribution is -2.38. The van der Waals surface area contributed by atoms with Gasteiger partial charge in [-0.25, -0.2) is 4.98 Å². The summed E-state index contributed by atoms with van der Waals surface area (Å²) in [6, 6.07) is 14.1. The maximum absolute atomic E-state index is 12.6. The van der Waals surface area contributed by atoms with Gasteiger partial charge in [0.05, 0.1) is 19.3 Å². The molecule has 2 heterocycles. The van der Waals surface area contributed by atoms with Crippen molar-refractivity contribution in [3.05, 3.63) is 69.6 Å². The minimum atomic E-state index is -0.177. The van der Waals surface area contributed by atoms with Crippen molar-refractivity contribution >= 4 is 22.6 Å². The summed E-state index contributed by atoms with van der Waals surface area (Å²) in [7, 11) is 0. The normalized spacial score (nSPS) is 15.1. The minimum absolute atomic E-state index is 0.0866. The Balaban J connectivity index is 1.41. The molecule has 0 saturated carbocycles. The van der Waals surface area contributed by atoms with Crippen LogP contribution in [-0.2, 0) is 16.0 Å². The summed E-state index contributed by atoms with van der Waals surface area (Å²) >= 11 is 0. The molecular weight excluding hydrogens is 392 g/mol. The van der Waals surface area contributed by atoms with Crippen LogP contribution in [0.25, 0.3) is 10.8 Å². The van der Waals surface area contributed by atoms with E-state index in [1.807, 2.05) is 43.0 Å². The molecule has 1 aromatic heterocycles. The second kappa shape index (κ2) is 9.31. The van der Waals surface area contributed by atoms with Crippen molar-refractivity contribution < 1.29 is 9.53 Å². The molecule has 2 N–H and O–H groups in total. The van der Waals surface area contributed by atoms with Crippen molar-refractivity contribution in [2.45, 2.75) is 32.7 Å². The van der Waals surface area contributed by atoms with Gasteiger partial charge in [-0.15, -0.1) is 0 Å². The average Bonchev–Trinajstić information content (AvgIpc) is 2.78. The summed E-state index contributed by atoms with van der Waals surface area (Å²) in [5, 5.41) is 5.35. The monoisotopic (exact) mass is 420 g/mol. The first-order chi connectivity index (χ1) is 15.0. The van der Waals surface area contributed by atoms with Gasteiger partial charge in [0.2, 0.25) is 11.9 Å². The van der Waals surface area contributed by atoms with Crippen molar-refractivity contribution in [3.63, 3.8) is 0 Å². The van der Waals surface area contributed by atoms with Gasteiger partial charge < -0.3 is 15.0 Å². The van der Waals surface area contributed by atoms with E-state index >= 15 is 0 Å². The molecule has 1 saturated heterocycles. The van der Waals surface area contributed by atoms with Crippen molar-refractivity contribution in [3.8, 4) is 0 Å². The molecule has 0 unspecified atom stereocenters. The van der Waals surface area contributed by atoms with E-state index in [1.165, 1.54) is 0 Å². The Morgan fingerprint density at radius 3 is 2.71 bits per heavy atom. The third-order valence-electron chi connectivity index (χ3n) is 5.79. The van der Waals surface area contributed by atoms with E-state index in [1.54, 1.807) is 0 Å². The van der Waals surface area contributed by atoms with Gasteiger partial charge >= 0.3 is 0 Å². The highest BCUT2D eigenvalue weighted by Gasteiger charge is 2.17. The average molecular weight is 421 g/mol. The van der Waals surface area contributed by atoms with Gasteiger partial charge in [-0.2, -0.15) is 0 Å². The van der Waals surface area contributed by atoms with E-state index < -0.39 is 0 Å². The Labute approximate surface area is 181 Å². The molecule has 1 aliphatic rings. The minimum Gasteiger partial charge on any atom is -0.378 e. The van der Waals surface area contributed by atoms with Crippen LogP contribution in [0.5, 0.6) is 0 Å². The van der Waals surface area contributed by atoms with Crippen LogP contribution in [0.1, 0.15) is 36.2 Å². The number of nitrogens with zero attached hydrogens (tertiary/aromatic N) is 2. The highest BCUT2D eigenvalue weighted by atomic mass is 16.5. The standard InChI is InChI=1S/C24H28N4O3/c1-16(19-9-5-7-18-6-3-4-8-21(18)19)25-22(29)11-10-20-17(2)26-24(27-23(20)30)28-12-14-31-15-13-28/h3-9,16H,10-15H2,1-2H3,(H,25,29)(H,26,27,30)/t16-/m0/s1. The van der Waals surface area contributed by atoms with E-state index in [9.17, 15) is 9.59 Å². The number of fused-ring (bicyclic) bond motifs is 1. The largest absolute Gasteiger partial charge is 0.378 e. The topological polar surface area (TPSA) is 87.3 Å². The smallest absolute Gasteiger partial charge is 0.255 e. The number of ether oxygens (including phenoxy) is 1. The fraction of sp³-hybridized carbons (Fsp3) is 0.375. The van der Waals surface area contributed by atoms with Gasteiger partial charge in [-0.05, 0) is 36.6 Å². The molecule has 1 atom stereocenters. The van der Waals surface area contributed by atoms with E-state index in [0.717, 1.165) is 16.3 Å². The number of aromatic amines is 1. The van der Waals surface area contributed by atoms with E-state index in [0.29, 0.717) is 49.9 Å². The number of aryl methyl sites for hydroxylation is 1. The van der Waals surface area contributed by atoms with Crippen LogP contribution < -0.4 is 15.8 Å². The van der Waals surface area contributed by atoms with Crippen LogP contribution in [0.15, 0.2) is 47.3 Å². The number of rotatable bonds is 6. The molecular formula is C24H28N4O3. The predicted octanol–water partition coefficient (Wildman–Crippen LogP) is 2.88. The first kappa shape index (κ1) is 21.1. The fourth-order valence-electron chi connectivity index (χ4n) is 4.07. The van der Waals surface area contributed by atoms with Crippen molar-refractivity contribution in [1.29, 1.82) is 0 Å².